The number of nitrogens with zero attached hydrogens (tertiary/aromatic N) is 4. The van der Waals surface area contributed by atoms with Gasteiger partial charge in [-0.05, 0) is 42.7 Å². The Bertz CT molecular complexity index is 1130. The summed E-state index contributed by atoms with van der Waals surface area (Å²) in [5, 5.41) is 0. The van der Waals surface area contributed by atoms with Gasteiger partial charge >= 0.3 is 0 Å². The summed E-state index contributed by atoms with van der Waals surface area (Å²) in [4.78, 5) is 38.4. The van der Waals surface area contributed by atoms with Crippen molar-refractivity contribution in [2.75, 3.05) is 26.7 Å². The number of methoxy groups -OCH3 is 1. The van der Waals surface area contributed by atoms with Crippen LogP contribution in [-0.4, -0.2) is 64.4 Å². The number of aryl methyl sites for hydroxylation is 1. The number of aromatic nitrogens is 2. The molecule has 0 saturated carbocycles. The molecule has 0 aliphatic carbocycles. The molecule has 7 nitrogen and oxygen atoms in total. The van der Waals surface area contributed by atoms with Crippen LogP contribution in [0.15, 0.2) is 60.9 Å². The van der Waals surface area contributed by atoms with Gasteiger partial charge in [0.15, 0.2) is 0 Å². The van der Waals surface area contributed by atoms with E-state index < -0.39 is 6.04 Å². The number of amides is 2. The maximum absolute atomic E-state index is 13.3. The average Bonchev–Trinajstić information content (AvgIpc) is 2.85. The van der Waals surface area contributed by atoms with Crippen LogP contribution in [0.5, 0.6) is 5.75 Å². The largest absolute Gasteiger partial charge is 0.497 e. The van der Waals surface area contributed by atoms with Crippen molar-refractivity contribution < 1.29 is 14.3 Å². The molecule has 1 saturated heterocycles. The third-order valence-electron chi connectivity index (χ3n) is 6.01. The van der Waals surface area contributed by atoms with E-state index in [4.69, 9.17) is 4.74 Å². The van der Waals surface area contributed by atoms with Crippen LogP contribution in [-0.2, 0) is 11.2 Å². The fraction of sp³-hybridized carbons (Fsp3) is 0.308. The molecule has 0 radical (unpaired) electrons. The zero-order valence-electron chi connectivity index (χ0n) is 19.2. The maximum atomic E-state index is 13.3. The Labute approximate surface area is 194 Å². The molecule has 2 amide bonds. The highest BCUT2D eigenvalue weighted by Crippen LogP contribution is 2.25. The predicted octanol–water partition coefficient (Wildman–Crippen LogP) is 3.38. The lowest BCUT2D eigenvalue weighted by atomic mass is 9.97. The third-order valence-corrected chi connectivity index (χ3v) is 6.01. The standard InChI is InChI=1S/C26H28N4O3/c1-4-29-12-13-30(25(31)23-17-27-18(2)16-28-23)24(26(29)32)15-19-6-5-7-21(14-19)20-8-10-22(33-3)11-9-20/h5-11,14,16-17,24H,4,12-13,15H2,1-3H3. The van der Waals surface area contributed by atoms with E-state index >= 15 is 0 Å². The first-order valence-corrected chi connectivity index (χ1v) is 11.1. The highest BCUT2D eigenvalue weighted by molar-refractivity contribution is 5.96. The number of hydrogen-bond donors (Lipinski definition) is 0. The van der Waals surface area contributed by atoms with Gasteiger partial charge in [-0.15, -0.1) is 0 Å². The van der Waals surface area contributed by atoms with Gasteiger partial charge in [0.1, 0.15) is 17.5 Å². The number of piperazine rings is 1. The van der Waals surface area contributed by atoms with Crippen LogP contribution in [0, 0.1) is 6.92 Å². The van der Waals surface area contributed by atoms with E-state index in [1.165, 1.54) is 6.20 Å². The van der Waals surface area contributed by atoms with Crippen LogP contribution in [0.4, 0.5) is 0 Å². The van der Waals surface area contributed by atoms with E-state index in [1.807, 2.05) is 61.2 Å². The van der Waals surface area contributed by atoms with E-state index in [-0.39, 0.29) is 17.5 Å². The molecule has 1 atom stereocenters. The fourth-order valence-corrected chi connectivity index (χ4v) is 4.13. The molecule has 0 bridgehead atoms. The van der Waals surface area contributed by atoms with E-state index in [0.717, 1.165) is 28.1 Å². The molecular formula is C26H28N4O3. The molecule has 1 aliphatic rings. The summed E-state index contributed by atoms with van der Waals surface area (Å²) in [6.07, 6.45) is 3.49. The van der Waals surface area contributed by atoms with Gasteiger partial charge in [0.25, 0.3) is 5.91 Å². The number of benzene rings is 2. The van der Waals surface area contributed by atoms with E-state index in [0.29, 0.717) is 26.1 Å². The molecule has 3 aromatic rings. The number of rotatable bonds is 6. The van der Waals surface area contributed by atoms with Crippen LogP contribution >= 0.6 is 0 Å². The minimum atomic E-state index is -0.583. The number of hydrogen-bond acceptors (Lipinski definition) is 5. The van der Waals surface area contributed by atoms with E-state index in [2.05, 4.69) is 16.0 Å². The number of ether oxygens (including phenoxy) is 1. The highest BCUT2D eigenvalue weighted by atomic mass is 16.5. The second kappa shape index (κ2) is 9.81. The van der Waals surface area contributed by atoms with Crippen molar-refractivity contribution in [2.24, 2.45) is 0 Å². The molecule has 170 valence electrons. The van der Waals surface area contributed by atoms with Gasteiger partial charge in [0.05, 0.1) is 19.0 Å². The van der Waals surface area contributed by atoms with Gasteiger partial charge in [-0.3, -0.25) is 14.6 Å². The van der Waals surface area contributed by atoms with Crippen molar-refractivity contribution in [3.8, 4) is 16.9 Å². The minimum absolute atomic E-state index is 0.0352. The van der Waals surface area contributed by atoms with Gasteiger partial charge < -0.3 is 14.5 Å². The van der Waals surface area contributed by atoms with Crippen LogP contribution in [0.3, 0.4) is 0 Å². The van der Waals surface area contributed by atoms with E-state index in [1.54, 1.807) is 18.2 Å². The SMILES string of the molecule is CCN1CCN(C(=O)c2cnc(C)cn2)C(Cc2cccc(-c3ccc(OC)cc3)c2)C1=O. The number of carbonyl (C=O) groups is 2. The molecule has 1 aromatic heterocycles. The number of carbonyl (C=O) groups excluding carboxylic acids is 2. The molecule has 7 heteroatoms. The Morgan fingerprint density at radius 3 is 2.52 bits per heavy atom. The zero-order valence-corrected chi connectivity index (χ0v) is 19.2. The summed E-state index contributed by atoms with van der Waals surface area (Å²) in [5.74, 6) is 0.505. The predicted molar refractivity (Wildman–Crippen MR) is 126 cm³/mol. The van der Waals surface area contributed by atoms with Crippen molar-refractivity contribution in [3.63, 3.8) is 0 Å². The summed E-state index contributed by atoms with van der Waals surface area (Å²) < 4.78 is 5.25. The molecular weight excluding hydrogens is 416 g/mol. The Morgan fingerprint density at radius 1 is 1.06 bits per heavy atom. The number of likely N-dealkylation sites (N-methyl/N-ethyl adjacent to an activating group) is 1. The normalized spacial score (nSPS) is 16.1. The lowest BCUT2D eigenvalue weighted by molar-refractivity contribution is -0.139. The van der Waals surface area contributed by atoms with Gasteiger partial charge in [-0.1, -0.05) is 36.4 Å². The average molecular weight is 445 g/mol. The first kappa shape index (κ1) is 22.5. The molecule has 0 spiro atoms. The van der Waals surface area contributed by atoms with Gasteiger partial charge in [0.2, 0.25) is 5.91 Å². The van der Waals surface area contributed by atoms with Crippen LogP contribution < -0.4 is 4.74 Å². The Balaban J connectivity index is 1.61. The second-order valence-electron chi connectivity index (χ2n) is 8.11. The van der Waals surface area contributed by atoms with Crippen molar-refractivity contribution >= 4 is 11.8 Å². The molecule has 1 fully saturated rings. The molecule has 0 N–H and O–H groups in total. The van der Waals surface area contributed by atoms with Gasteiger partial charge in [-0.2, -0.15) is 0 Å². The first-order valence-electron chi connectivity index (χ1n) is 11.1. The van der Waals surface area contributed by atoms with Crippen molar-refractivity contribution in [3.05, 3.63) is 77.9 Å². The Hall–Kier alpha value is -3.74. The summed E-state index contributed by atoms with van der Waals surface area (Å²) in [6.45, 7) is 5.39. The molecule has 1 unspecified atom stereocenters. The molecule has 1 aliphatic heterocycles. The minimum Gasteiger partial charge on any atom is -0.497 e. The van der Waals surface area contributed by atoms with Crippen LogP contribution in [0.2, 0.25) is 0 Å². The third kappa shape index (κ3) is 4.87. The summed E-state index contributed by atoms with van der Waals surface area (Å²) in [6, 6.07) is 15.4. The maximum Gasteiger partial charge on any atom is 0.274 e. The highest BCUT2D eigenvalue weighted by Gasteiger charge is 2.37. The van der Waals surface area contributed by atoms with Crippen molar-refractivity contribution in [1.82, 2.24) is 19.8 Å². The molecule has 4 rings (SSSR count). The van der Waals surface area contributed by atoms with Gasteiger partial charge in [-0.25, -0.2) is 4.98 Å². The van der Waals surface area contributed by atoms with Crippen molar-refractivity contribution in [1.29, 1.82) is 0 Å². The van der Waals surface area contributed by atoms with Crippen LogP contribution in [0.1, 0.15) is 28.7 Å². The van der Waals surface area contributed by atoms with Gasteiger partial charge in [0, 0.05) is 32.3 Å². The first-order chi connectivity index (χ1) is 16.0. The van der Waals surface area contributed by atoms with Crippen molar-refractivity contribution in [2.45, 2.75) is 26.3 Å². The van der Waals surface area contributed by atoms with E-state index in [9.17, 15) is 9.59 Å². The Morgan fingerprint density at radius 2 is 1.85 bits per heavy atom. The Kier molecular flexibility index (Phi) is 6.68. The smallest absolute Gasteiger partial charge is 0.274 e. The quantitative estimate of drug-likeness (QED) is 0.583. The topological polar surface area (TPSA) is 75.6 Å². The summed E-state index contributed by atoms with van der Waals surface area (Å²) in [7, 11) is 1.64. The fourth-order valence-electron chi connectivity index (χ4n) is 4.13. The lowest BCUT2D eigenvalue weighted by Crippen LogP contribution is -2.59. The zero-order chi connectivity index (χ0) is 23.4. The second-order valence-corrected chi connectivity index (χ2v) is 8.11. The lowest BCUT2D eigenvalue weighted by Gasteiger charge is -2.40. The molecule has 33 heavy (non-hydrogen) atoms. The van der Waals surface area contributed by atoms with Crippen LogP contribution in [0.25, 0.3) is 11.1 Å². The summed E-state index contributed by atoms with van der Waals surface area (Å²) in [5.41, 5.74) is 4.10. The molecule has 2 heterocycles. The monoisotopic (exact) mass is 444 g/mol. The molecule has 2 aromatic carbocycles. The summed E-state index contributed by atoms with van der Waals surface area (Å²) >= 11 is 0.